The summed E-state index contributed by atoms with van der Waals surface area (Å²) in [7, 11) is 0. The Balaban J connectivity index is 1.87. The second-order valence-electron chi connectivity index (χ2n) is 6.73. The summed E-state index contributed by atoms with van der Waals surface area (Å²) in [6.07, 6.45) is 0.133. The highest BCUT2D eigenvalue weighted by atomic mass is 16.5. The number of anilines is 1. The average Bonchev–Trinajstić information content (AvgIpc) is 2.72. The zero-order valence-corrected chi connectivity index (χ0v) is 16.6. The maximum Gasteiger partial charge on any atom is 0.337 e. The lowest BCUT2D eigenvalue weighted by Crippen LogP contribution is -2.52. The van der Waals surface area contributed by atoms with E-state index < -0.39 is 12.1 Å². The van der Waals surface area contributed by atoms with Crippen LogP contribution in [0.15, 0.2) is 35.5 Å². The Bertz CT molecular complexity index is 823. The predicted molar refractivity (Wildman–Crippen MR) is 107 cm³/mol. The number of rotatable bonds is 7. The number of amides is 3. The number of hydrogen-bond donors (Lipinski definition) is 3. The molecule has 0 unspecified atom stereocenters. The van der Waals surface area contributed by atoms with Crippen LogP contribution in [0, 0.1) is 0 Å². The molecule has 3 rings (SSSR count). The largest absolute Gasteiger partial charge is 0.477 e. The molecule has 3 N–H and O–H groups in total. The standard InChI is InChI=1S/C20H26N4O5/c1-3-9-21-18(25)17-12-24(15-7-5-6-8-16(15)29-17)11-14-13(19(26)28-4-2)10-22-20(27)23-14/h5-8,17H,3-4,9-12H2,1-2H3,(H,21,25)(H2,22,23,27)/t17-/m1/s1. The van der Waals surface area contributed by atoms with E-state index in [9.17, 15) is 14.4 Å². The molecular formula is C20H26N4O5. The highest BCUT2D eigenvalue weighted by Crippen LogP contribution is 2.33. The van der Waals surface area contributed by atoms with E-state index in [2.05, 4.69) is 16.0 Å². The first-order chi connectivity index (χ1) is 14.0. The molecule has 0 radical (unpaired) electrons. The van der Waals surface area contributed by atoms with Crippen molar-refractivity contribution in [3.05, 3.63) is 35.5 Å². The number of fused-ring (bicyclic) bond motifs is 1. The minimum absolute atomic E-state index is 0.0897. The van der Waals surface area contributed by atoms with Gasteiger partial charge < -0.3 is 30.3 Å². The van der Waals surface area contributed by atoms with Gasteiger partial charge in [0.05, 0.1) is 43.2 Å². The van der Waals surface area contributed by atoms with Crippen molar-refractivity contribution in [1.82, 2.24) is 16.0 Å². The minimum Gasteiger partial charge on any atom is -0.477 e. The van der Waals surface area contributed by atoms with Gasteiger partial charge in [0.25, 0.3) is 5.91 Å². The molecule has 0 saturated carbocycles. The summed E-state index contributed by atoms with van der Waals surface area (Å²) in [6.45, 7) is 5.13. The normalized spacial score (nSPS) is 18.2. The number of nitrogens with zero attached hydrogens (tertiary/aromatic N) is 1. The van der Waals surface area contributed by atoms with Gasteiger partial charge >= 0.3 is 12.0 Å². The molecule has 0 saturated heterocycles. The molecule has 2 aliphatic heterocycles. The van der Waals surface area contributed by atoms with E-state index in [0.717, 1.165) is 12.1 Å². The van der Waals surface area contributed by atoms with Gasteiger partial charge in [-0.05, 0) is 25.5 Å². The van der Waals surface area contributed by atoms with Crippen LogP contribution in [0.1, 0.15) is 20.3 Å². The molecule has 2 aliphatic rings. The van der Waals surface area contributed by atoms with E-state index in [1.807, 2.05) is 30.0 Å². The Labute approximate surface area is 169 Å². The van der Waals surface area contributed by atoms with Crippen molar-refractivity contribution in [2.45, 2.75) is 26.4 Å². The summed E-state index contributed by atoms with van der Waals surface area (Å²) in [5.74, 6) is -0.0944. The number of ether oxygens (including phenoxy) is 2. The van der Waals surface area contributed by atoms with Gasteiger partial charge in [0.1, 0.15) is 5.75 Å². The van der Waals surface area contributed by atoms with Gasteiger partial charge in [-0.1, -0.05) is 19.1 Å². The quantitative estimate of drug-likeness (QED) is 0.585. The van der Waals surface area contributed by atoms with Crippen LogP contribution in [-0.4, -0.2) is 56.8 Å². The topological polar surface area (TPSA) is 109 Å². The van der Waals surface area contributed by atoms with E-state index in [1.54, 1.807) is 13.0 Å². The van der Waals surface area contributed by atoms with Crippen molar-refractivity contribution in [2.24, 2.45) is 0 Å². The summed E-state index contributed by atoms with van der Waals surface area (Å²) in [6, 6.07) is 6.99. The highest BCUT2D eigenvalue weighted by molar-refractivity contribution is 5.94. The molecule has 1 aromatic rings. The van der Waals surface area contributed by atoms with Crippen molar-refractivity contribution in [3.63, 3.8) is 0 Å². The van der Waals surface area contributed by atoms with Crippen LogP contribution < -0.4 is 25.6 Å². The Hall–Kier alpha value is -3.23. The van der Waals surface area contributed by atoms with E-state index >= 15 is 0 Å². The van der Waals surface area contributed by atoms with Gasteiger partial charge in [0, 0.05) is 6.54 Å². The molecule has 0 aromatic heterocycles. The van der Waals surface area contributed by atoms with Crippen LogP contribution in [0.4, 0.5) is 10.5 Å². The smallest absolute Gasteiger partial charge is 0.337 e. The molecule has 9 nitrogen and oxygen atoms in total. The van der Waals surface area contributed by atoms with Gasteiger partial charge in [-0.25, -0.2) is 9.59 Å². The second kappa shape index (κ2) is 9.31. The molecule has 0 aliphatic carbocycles. The molecule has 156 valence electrons. The summed E-state index contributed by atoms with van der Waals surface area (Å²) in [4.78, 5) is 38.6. The first-order valence-corrected chi connectivity index (χ1v) is 9.75. The number of carbonyl (C=O) groups is 3. The Morgan fingerprint density at radius 3 is 2.86 bits per heavy atom. The Morgan fingerprint density at radius 2 is 2.10 bits per heavy atom. The maximum atomic E-state index is 12.5. The van der Waals surface area contributed by atoms with Gasteiger partial charge in [0.15, 0.2) is 6.10 Å². The molecule has 2 heterocycles. The third-order valence-corrected chi connectivity index (χ3v) is 4.63. The lowest BCUT2D eigenvalue weighted by Gasteiger charge is -2.37. The molecular weight excluding hydrogens is 376 g/mol. The molecule has 29 heavy (non-hydrogen) atoms. The summed E-state index contributed by atoms with van der Waals surface area (Å²) < 4.78 is 11.0. The Kier molecular flexibility index (Phi) is 6.58. The Morgan fingerprint density at radius 1 is 1.31 bits per heavy atom. The zero-order chi connectivity index (χ0) is 20.8. The monoisotopic (exact) mass is 402 g/mol. The van der Waals surface area contributed by atoms with E-state index in [-0.39, 0.29) is 38.2 Å². The average molecular weight is 402 g/mol. The number of nitrogens with one attached hydrogen (secondary N) is 3. The zero-order valence-electron chi connectivity index (χ0n) is 16.6. The minimum atomic E-state index is -0.694. The van der Waals surface area contributed by atoms with Crippen LogP contribution in [0.3, 0.4) is 0 Å². The number of hydrogen-bond acceptors (Lipinski definition) is 6. The third kappa shape index (κ3) is 4.79. The molecule has 0 fully saturated rings. The van der Waals surface area contributed by atoms with Gasteiger partial charge in [-0.2, -0.15) is 0 Å². The molecule has 1 aromatic carbocycles. The molecule has 0 spiro atoms. The van der Waals surface area contributed by atoms with Crippen LogP contribution >= 0.6 is 0 Å². The fourth-order valence-corrected chi connectivity index (χ4v) is 3.23. The van der Waals surface area contributed by atoms with Crippen molar-refractivity contribution in [3.8, 4) is 5.75 Å². The van der Waals surface area contributed by atoms with E-state index in [1.165, 1.54) is 0 Å². The maximum absolute atomic E-state index is 12.5. The van der Waals surface area contributed by atoms with Crippen LogP contribution in [0.2, 0.25) is 0 Å². The number of esters is 1. The van der Waals surface area contributed by atoms with E-state index in [4.69, 9.17) is 9.47 Å². The van der Waals surface area contributed by atoms with E-state index in [0.29, 0.717) is 23.6 Å². The number of carbonyl (C=O) groups excluding carboxylic acids is 3. The summed E-state index contributed by atoms with van der Waals surface area (Å²) in [5, 5.41) is 8.15. The fraction of sp³-hybridized carbons (Fsp3) is 0.450. The van der Waals surface area contributed by atoms with Crippen molar-refractivity contribution >= 4 is 23.6 Å². The first-order valence-electron chi connectivity index (χ1n) is 9.75. The van der Waals surface area contributed by atoms with Crippen molar-refractivity contribution in [1.29, 1.82) is 0 Å². The van der Waals surface area contributed by atoms with Crippen molar-refractivity contribution in [2.75, 3.05) is 37.7 Å². The number of urea groups is 1. The third-order valence-electron chi connectivity index (χ3n) is 4.63. The van der Waals surface area contributed by atoms with Crippen LogP contribution in [0.5, 0.6) is 5.75 Å². The molecule has 3 amide bonds. The highest BCUT2D eigenvalue weighted by Gasteiger charge is 2.33. The molecule has 1 atom stereocenters. The van der Waals surface area contributed by atoms with Crippen molar-refractivity contribution < 1.29 is 23.9 Å². The second-order valence-corrected chi connectivity index (χ2v) is 6.73. The van der Waals surface area contributed by atoms with Gasteiger partial charge in [-0.15, -0.1) is 0 Å². The van der Waals surface area contributed by atoms with Crippen LogP contribution in [0.25, 0.3) is 0 Å². The predicted octanol–water partition coefficient (Wildman–Crippen LogP) is 0.910. The lowest BCUT2D eigenvalue weighted by molar-refractivity contribution is -0.138. The van der Waals surface area contributed by atoms with Gasteiger partial charge in [0.2, 0.25) is 0 Å². The van der Waals surface area contributed by atoms with Gasteiger partial charge in [-0.3, -0.25) is 4.79 Å². The number of para-hydroxylation sites is 2. The first kappa shape index (κ1) is 20.5. The summed E-state index contributed by atoms with van der Waals surface area (Å²) >= 11 is 0. The summed E-state index contributed by atoms with van der Waals surface area (Å²) in [5.41, 5.74) is 1.61. The van der Waals surface area contributed by atoms with Crippen LogP contribution in [-0.2, 0) is 14.3 Å². The number of benzene rings is 1. The molecule has 9 heteroatoms. The SMILES string of the molecule is CCCNC(=O)[C@H]1CN(CC2=C(C(=O)OCC)CNC(=O)N2)c2ccccc2O1. The lowest BCUT2D eigenvalue weighted by atomic mass is 10.1. The molecule has 0 bridgehead atoms. The fourth-order valence-electron chi connectivity index (χ4n) is 3.23.